The Morgan fingerprint density at radius 3 is 2.63 bits per heavy atom. The van der Waals surface area contributed by atoms with E-state index in [1.165, 1.54) is 42.9 Å². The van der Waals surface area contributed by atoms with E-state index in [9.17, 15) is 0 Å². The fraction of sp³-hybridized carbons (Fsp3) is 0.625. The molecule has 1 atom stereocenters. The predicted octanol–water partition coefficient (Wildman–Crippen LogP) is 3.43. The molecule has 0 saturated carbocycles. The van der Waals surface area contributed by atoms with Gasteiger partial charge < -0.3 is 15.0 Å². The van der Waals surface area contributed by atoms with Crippen molar-refractivity contribution in [2.45, 2.75) is 39.2 Å². The molecule has 1 unspecified atom stereocenters. The smallest absolute Gasteiger partial charge is 0.0663 e. The van der Waals surface area contributed by atoms with E-state index in [0.717, 1.165) is 13.0 Å². The first-order valence-corrected chi connectivity index (χ1v) is 7.35. The van der Waals surface area contributed by atoms with E-state index >= 15 is 0 Å². The van der Waals surface area contributed by atoms with Crippen molar-refractivity contribution in [1.29, 1.82) is 0 Å². The molecule has 2 rings (SSSR count). The molecule has 1 heterocycles. The second-order valence-electron chi connectivity index (χ2n) is 5.40. The third-order valence-electron chi connectivity index (χ3n) is 3.90. The summed E-state index contributed by atoms with van der Waals surface area (Å²) in [6, 6.07) is 7.13. The maximum Gasteiger partial charge on any atom is 0.0663 e. The summed E-state index contributed by atoms with van der Waals surface area (Å²) in [5, 5.41) is 3.57. The van der Waals surface area contributed by atoms with Crippen LogP contribution in [0.5, 0.6) is 0 Å². The van der Waals surface area contributed by atoms with Gasteiger partial charge in [0.25, 0.3) is 0 Å². The molecule has 0 spiro atoms. The van der Waals surface area contributed by atoms with Crippen LogP contribution in [0.25, 0.3) is 0 Å². The Morgan fingerprint density at radius 1 is 1.32 bits per heavy atom. The number of nitrogens with zero attached hydrogens (tertiary/aromatic N) is 1. The Bertz CT molecular complexity index is 400. The largest absolute Gasteiger partial charge is 0.383 e. The van der Waals surface area contributed by atoms with Gasteiger partial charge in [0.05, 0.1) is 6.61 Å². The van der Waals surface area contributed by atoms with Crippen LogP contribution in [0.15, 0.2) is 18.2 Å². The van der Waals surface area contributed by atoms with Gasteiger partial charge in [-0.15, -0.1) is 0 Å². The minimum Gasteiger partial charge on any atom is -0.383 e. The zero-order valence-electron chi connectivity index (χ0n) is 12.4. The van der Waals surface area contributed by atoms with Gasteiger partial charge in [-0.2, -0.15) is 0 Å². The topological polar surface area (TPSA) is 24.5 Å². The van der Waals surface area contributed by atoms with E-state index in [1.807, 2.05) is 0 Å². The van der Waals surface area contributed by atoms with Crippen molar-refractivity contribution < 1.29 is 4.74 Å². The van der Waals surface area contributed by atoms with E-state index in [2.05, 4.69) is 42.3 Å². The lowest BCUT2D eigenvalue weighted by Gasteiger charge is -2.22. The lowest BCUT2D eigenvalue weighted by atomic mass is 10.1. The molecular formula is C16H26N2O. The second-order valence-corrected chi connectivity index (χ2v) is 5.40. The molecule has 0 bridgehead atoms. The van der Waals surface area contributed by atoms with Gasteiger partial charge in [0, 0.05) is 37.6 Å². The van der Waals surface area contributed by atoms with Crippen LogP contribution < -0.4 is 10.2 Å². The number of hydrogen-bond donors (Lipinski definition) is 1. The summed E-state index contributed by atoms with van der Waals surface area (Å²) in [6.45, 7) is 7.52. The molecule has 3 heteroatoms. The van der Waals surface area contributed by atoms with Crippen molar-refractivity contribution in [3.8, 4) is 0 Å². The normalized spacial score (nSPS) is 16.7. The molecule has 1 N–H and O–H groups in total. The number of hydrogen-bond acceptors (Lipinski definition) is 3. The monoisotopic (exact) mass is 262 g/mol. The number of nitrogens with one attached hydrogen (secondary N) is 1. The van der Waals surface area contributed by atoms with E-state index < -0.39 is 0 Å². The number of methoxy groups -OCH3 is 1. The molecule has 0 radical (unpaired) electrons. The highest BCUT2D eigenvalue weighted by molar-refractivity contribution is 5.60. The van der Waals surface area contributed by atoms with E-state index in [1.54, 1.807) is 7.11 Å². The first kappa shape index (κ1) is 14.2. The van der Waals surface area contributed by atoms with E-state index in [-0.39, 0.29) is 0 Å². The van der Waals surface area contributed by atoms with Crippen LogP contribution in [0.2, 0.25) is 0 Å². The van der Waals surface area contributed by atoms with Crippen molar-refractivity contribution in [2.24, 2.45) is 0 Å². The summed E-state index contributed by atoms with van der Waals surface area (Å²) < 4.78 is 5.24. The molecule has 0 aliphatic carbocycles. The van der Waals surface area contributed by atoms with E-state index in [0.29, 0.717) is 6.04 Å². The average Bonchev–Trinajstić information content (AvgIpc) is 2.94. The van der Waals surface area contributed by atoms with Crippen LogP contribution in [0, 0.1) is 6.92 Å². The fourth-order valence-electron chi connectivity index (χ4n) is 2.66. The maximum absolute atomic E-state index is 5.24. The Kier molecular flexibility index (Phi) is 5.08. The van der Waals surface area contributed by atoms with Crippen molar-refractivity contribution in [2.75, 3.05) is 37.0 Å². The molecule has 0 amide bonds. The molecule has 1 saturated heterocycles. The highest BCUT2D eigenvalue weighted by Crippen LogP contribution is 2.26. The molecule has 19 heavy (non-hydrogen) atoms. The van der Waals surface area contributed by atoms with E-state index in [4.69, 9.17) is 4.74 Å². The molecule has 106 valence electrons. The quantitative estimate of drug-likeness (QED) is 0.850. The second kappa shape index (κ2) is 6.80. The third-order valence-corrected chi connectivity index (χ3v) is 3.90. The van der Waals surface area contributed by atoms with Gasteiger partial charge in [0.15, 0.2) is 0 Å². The average molecular weight is 262 g/mol. The van der Waals surface area contributed by atoms with Crippen molar-refractivity contribution in [3.05, 3.63) is 23.8 Å². The summed E-state index contributed by atoms with van der Waals surface area (Å²) in [5.74, 6) is 0. The van der Waals surface area contributed by atoms with Gasteiger partial charge >= 0.3 is 0 Å². The predicted molar refractivity (Wildman–Crippen MR) is 82.2 cm³/mol. The Hall–Kier alpha value is -1.22. The maximum atomic E-state index is 5.24. The first-order chi connectivity index (χ1) is 9.24. The number of rotatable bonds is 6. The molecule has 1 aromatic rings. The number of benzene rings is 1. The van der Waals surface area contributed by atoms with Crippen LogP contribution in [0.3, 0.4) is 0 Å². The van der Waals surface area contributed by atoms with Crippen LogP contribution in [0.4, 0.5) is 11.4 Å². The highest BCUT2D eigenvalue weighted by Gasteiger charge is 2.13. The molecule has 1 aliphatic heterocycles. The standard InChI is InChI=1S/C16H26N2O/c1-4-14(12-19-3)17-16-8-7-15(11-13(16)2)18-9-5-6-10-18/h7-8,11,14,17H,4-6,9-10,12H2,1-3H3. The summed E-state index contributed by atoms with van der Waals surface area (Å²) in [7, 11) is 1.76. The number of anilines is 2. The summed E-state index contributed by atoms with van der Waals surface area (Å²) in [5.41, 5.74) is 3.91. The minimum atomic E-state index is 0.390. The van der Waals surface area contributed by atoms with Crippen molar-refractivity contribution >= 4 is 11.4 Å². The van der Waals surface area contributed by atoms with Gasteiger partial charge in [-0.05, 0) is 49.9 Å². The molecule has 0 aromatic heterocycles. The third kappa shape index (κ3) is 3.63. The lowest BCUT2D eigenvalue weighted by Crippen LogP contribution is -2.24. The molecule has 3 nitrogen and oxygen atoms in total. The summed E-state index contributed by atoms with van der Waals surface area (Å²) in [4.78, 5) is 2.48. The van der Waals surface area contributed by atoms with Gasteiger partial charge in [-0.3, -0.25) is 0 Å². The zero-order chi connectivity index (χ0) is 13.7. The van der Waals surface area contributed by atoms with Gasteiger partial charge in [0.1, 0.15) is 0 Å². The summed E-state index contributed by atoms with van der Waals surface area (Å²) in [6.07, 6.45) is 3.72. The SMILES string of the molecule is CCC(COC)Nc1ccc(N2CCCC2)cc1C. The van der Waals surface area contributed by atoms with Crippen LogP contribution >= 0.6 is 0 Å². The van der Waals surface area contributed by atoms with Gasteiger partial charge in [0.2, 0.25) is 0 Å². The van der Waals surface area contributed by atoms with Crippen LogP contribution in [-0.2, 0) is 4.74 Å². The lowest BCUT2D eigenvalue weighted by molar-refractivity contribution is 0.184. The highest BCUT2D eigenvalue weighted by atomic mass is 16.5. The number of ether oxygens (including phenoxy) is 1. The fourth-order valence-corrected chi connectivity index (χ4v) is 2.66. The van der Waals surface area contributed by atoms with Gasteiger partial charge in [-0.1, -0.05) is 6.92 Å². The molecule has 1 aliphatic rings. The van der Waals surface area contributed by atoms with Crippen molar-refractivity contribution in [1.82, 2.24) is 0 Å². The van der Waals surface area contributed by atoms with Crippen LogP contribution in [0.1, 0.15) is 31.7 Å². The van der Waals surface area contributed by atoms with Gasteiger partial charge in [-0.25, -0.2) is 0 Å². The zero-order valence-corrected chi connectivity index (χ0v) is 12.4. The minimum absolute atomic E-state index is 0.390. The summed E-state index contributed by atoms with van der Waals surface area (Å²) >= 11 is 0. The first-order valence-electron chi connectivity index (χ1n) is 7.35. The van der Waals surface area contributed by atoms with Crippen molar-refractivity contribution in [3.63, 3.8) is 0 Å². The molecular weight excluding hydrogens is 236 g/mol. The Morgan fingerprint density at radius 2 is 2.05 bits per heavy atom. The van der Waals surface area contributed by atoms with Crippen LogP contribution in [-0.4, -0.2) is 32.8 Å². The Balaban J connectivity index is 2.05. The Labute approximate surface area is 116 Å². The molecule has 1 fully saturated rings. The molecule has 1 aromatic carbocycles. The number of aryl methyl sites for hydroxylation is 1.